The lowest BCUT2D eigenvalue weighted by atomic mass is 10.1. The lowest BCUT2D eigenvalue weighted by Crippen LogP contribution is -2.12. The summed E-state index contributed by atoms with van der Waals surface area (Å²) in [4.78, 5) is 17.1. The monoisotopic (exact) mass is 439 g/mol. The van der Waals surface area contributed by atoms with Crippen molar-refractivity contribution in [3.63, 3.8) is 0 Å². The van der Waals surface area contributed by atoms with Crippen molar-refractivity contribution >= 4 is 23.1 Å². The third-order valence-electron chi connectivity index (χ3n) is 5.08. The van der Waals surface area contributed by atoms with Gasteiger partial charge >= 0.3 is 0 Å². The molecule has 0 unspecified atom stereocenters. The number of pyridine rings is 1. The molecule has 0 spiro atoms. The van der Waals surface area contributed by atoms with Crippen molar-refractivity contribution in [2.24, 2.45) is 5.84 Å². The van der Waals surface area contributed by atoms with Crippen molar-refractivity contribution in [3.8, 4) is 11.3 Å². The Labute approximate surface area is 192 Å². The molecule has 0 saturated carbocycles. The first kappa shape index (κ1) is 22.0. The summed E-state index contributed by atoms with van der Waals surface area (Å²) in [5.74, 6) is 5.67. The highest BCUT2D eigenvalue weighted by molar-refractivity contribution is 6.04. The van der Waals surface area contributed by atoms with Gasteiger partial charge in [0.2, 0.25) is 0 Å². The zero-order valence-corrected chi connectivity index (χ0v) is 18.0. The van der Waals surface area contributed by atoms with Crippen LogP contribution in [0.1, 0.15) is 21.5 Å². The number of nitrogens with two attached hydrogens (primary N) is 2. The number of hydrazine groups is 1. The number of nitrogen functional groups attached to an aromatic ring is 2. The van der Waals surface area contributed by atoms with Gasteiger partial charge in [-0.25, -0.2) is 10.8 Å². The molecule has 33 heavy (non-hydrogen) atoms. The Morgan fingerprint density at radius 2 is 1.58 bits per heavy atom. The van der Waals surface area contributed by atoms with Gasteiger partial charge in [0.25, 0.3) is 5.91 Å². The second-order valence-electron chi connectivity index (χ2n) is 7.49. The highest BCUT2D eigenvalue weighted by atomic mass is 16.5. The summed E-state index contributed by atoms with van der Waals surface area (Å²) in [6.07, 6.45) is 0. The van der Waals surface area contributed by atoms with Gasteiger partial charge < -0.3 is 21.2 Å². The van der Waals surface area contributed by atoms with Crippen molar-refractivity contribution in [2.75, 3.05) is 16.5 Å². The number of aromatic nitrogens is 1. The number of carbonyl (C=O) groups is 1. The maximum atomic E-state index is 12.7. The van der Waals surface area contributed by atoms with E-state index in [-0.39, 0.29) is 5.91 Å². The lowest BCUT2D eigenvalue weighted by molar-refractivity contribution is 0.102. The molecular weight excluding hydrogens is 414 g/mol. The van der Waals surface area contributed by atoms with E-state index >= 15 is 0 Å². The second-order valence-corrected chi connectivity index (χ2v) is 7.49. The van der Waals surface area contributed by atoms with Crippen LogP contribution in [0.15, 0.2) is 91.0 Å². The van der Waals surface area contributed by atoms with E-state index in [1.807, 2.05) is 66.7 Å². The van der Waals surface area contributed by atoms with E-state index in [0.29, 0.717) is 41.7 Å². The van der Waals surface area contributed by atoms with E-state index in [1.165, 1.54) is 0 Å². The summed E-state index contributed by atoms with van der Waals surface area (Å²) < 4.78 is 5.75. The molecule has 1 amide bonds. The molecule has 0 bridgehead atoms. The molecule has 0 atom stereocenters. The fourth-order valence-electron chi connectivity index (χ4n) is 3.32. The number of rotatable bonds is 8. The molecular formula is C26H25N5O2. The van der Waals surface area contributed by atoms with Crippen LogP contribution in [0.2, 0.25) is 0 Å². The molecule has 4 aromatic rings. The summed E-state index contributed by atoms with van der Waals surface area (Å²) in [5, 5.41) is 2.93. The molecule has 0 saturated heterocycles. The Morgan fingerprint density at radius 1 is 0.848 bits per heavy atom. The van der Waals surface area contributed by atoms with Crippen molar-refractivity contribution < 1.29 is 9.53 Å². The zero-order chi connectivity index (χ0) is 23.0. The molecule has 1 heterocycles. The van der Waals surface area contributed by atoms with Crippen molar-refractivity contribution in [3.05, 3.63) is 108 Å². The number of nitrogens with one attached hydrogen (secondary N) is 2. The first-order valence-corrected chi connectivity index (χ1v) is 10.5. The fourth-order valence-corrected chi connectivity index (χ4v) is 3.32. The van der Waals surface area contributed by atoms with Crippen LogP contribution in [0.3, 0.4) is 0 Å². The van der Waals surface area contributed by atoms with Crippen molar-refractivity contribution in [2.45, 2.75) is 13.2 Å². The molecule has 0 radical (unpaired) electrons. The van der Waals surface area contributed by atoms with Gasteiger partial charge in [-0.2, -0.15) is 0 Å². The van der Waals surface area contributed by atoms with Crippen LogP contribution in [0.5, 0.6) is 0 Å². The van der Waals surface area contributed by atoms with E-state index in [0.717, 1.165) is 16.7 Å². The average Bonchev–Trinajstić information content (AvgIpc) is 2.85. The molecule has 6 N–H and O–H groups in total. The van der Waals surface area contributed by atoms with E-state index in [1.54, 1.807) is 24.3 Å². The fraction of sp³-hybridized carbons (Fsp3) is 0.0769. The van der Waals surface area contributed by atoms with Crippen LogP contribution in [0, 0.1) is 0 Å². The summed E-state index contributed by atoms with van der Waals surface area (Å²) in [7, 11) is 0. The molecule has 3 aromatic carbocycles. The Morgan fingerprint density at radius 3 is 2.30 bits per heavy atom. The number of benzene rings is 3. The van der Waals surface area contributed by atoms with Crippen molar-refractivity contribution in [1.29, 1.82) is 0 Å². The number of anilines is 3. The first-order valence-electron chi connectivity index (χ1n) is 10.5. The van der Waals surface area contributed by atoms with E-state index in [2.05, 4.69) is 15.7 Å². The van der Waals surface area contributed by atoms with Crippen LogP contribution in [-0.4, -0.2) is 10.9 Å². The number of carbonyl (C=O) groups excluding carboxylic acids is 1. The normalized spacial score (nSPS) is 10.6. The standard InChI is InChI=1S/C26H25N5O2/c27-23-13-14-24(30-25(23)31-28)21-7-4-8-22(15-21)29-26(32)20-11-9-19(10-12-20)17-33-16-18-5-2-1-3-6-18/h1-15H,16-17,27-28H2,(H,29,32)(H,30,31). The van der Waals surface area contributed by atoms with E-state index < -0.39 is 0 Å². The Balaban J connectivity index is 1.37. The number of nitrogens with zero attached hydrogens (tertiary/aromatic N) is 1. The molecule has 4 rings (SSSR count). The third-order valence-corrected chi connectivity index (χ3v) is 5.08. The van der Waals surface area contributed by atoms with Crippen LogP contribution in [0.4, 0.5) is 17.2 Å². The van der Waals surface area contributed by atoms with Crippen LogP contribution < -0.4 is 22.3 Å². The molecule has 1 aromatic heterocycles. The van der Waals surface area contributed by atoms with Crippen LogP contribution in [-0.2, 0) is 18.0 Å². The van der Waals surface area contributed by atoms with Crippen LogP contribution in [0.25, 0.3) is 11.3 Å². The Kier molecular flexibility index (Phi) is 6.94. The highest BCUT2D eigenvalue weighted by Crippen LogP contribution is 2.25. The number of hydrogen-bond acceptors (Lipinski definition) is 6. The Bertz CT molecular complexity index is 1230. The van der Waals surface area contributed by atoms with Gasteiger partial charge in [-0.3, -0.25) is 4.79 Å². The van der Waals surface area contributed by atoms with Gasteiger partial charge in [0.05, 0.1) is 24.6 Å². The average molecular weight is 440 g/mol. The van der Waals surface area contributed by atoms with Gasteiger partial charge in [0.1, 0.15) is 0 Å². The SMILES string of the molecule is NNc1nc(-c2cccc(NC(=O)c3ccc(COCc4ccccc4)cc3)c2)ccc1N. The number of amides is 1. The lowest BCUT2D eigenvalue weighted by Gasteiger charge is -2.10. The molecule has 166 valence electrons. The van der Waals surface area contributed by atoms with Gasteiger partial charge in [-0.1, -0.05) is 54.6 Å². The summed E-state index contributed by atoms with van der Waals surface area (Å²) in [6, 6.07) is 28.4. The van der Waals surface area contributed by atoms with Gasteiger partial charge in [-0.15, -0.1) is 0 Å². The Hall–Kier alpha value is -4.20. The smallest absolute Gasteiger partial charge is 0.255 e. The van der Waals surface area contributed by atoms with Gasteiger partial charge in [0, 0.05) is 16.8 Å². The van der Waals surface area contributed by atoms with E-state index in [4.69, 9.17) is 16.3 Å². The minimum absolute atomic E-state index is 0.196. The second kappa shape index (κ2) is 10.4. The number of hydrogen-bond donors (Lipinski definition) is 4. The van der Waals surface area contributed by atoms with Gasteiger partial charge in [0.15, 0.2) is 5.82 Å². The largest absolute Gasteiger partial charge is 0.396 e. The topological polar surface area (TPSA) is 115 Å². The molecule has 0 fully saturated rings. The summed E-state index contributed by atoms with van der Waals surface area (Å²) in [5.41, 5.74) is 13.6. The molecule has 0 aliphatic carbocycles. The van der Waals surface area contributed by atoms with Crippen LogP contribution >= 0.6 is 0 Å². The molecule has 0 aliphatic heterocycles. The summed E-state index contributed by atoms with van der Waals surface area (Å²) >= 11 is 0. The minimum atomic E-state index is -0.196. The molecule has 7 nitrogen and oxygen atoms in total. The first-order chi connectivity index (χ1) is 16.1. The maximum Gasteiger partial charge on any atom is 0.255 e. The quantitative estimate of drug-likeness (QED) is 0.236. The number of ether oxygens (including phenoxy) is 1. The molecule has 0 aliphatic rings. The van der Waals surface area contributed by atoms with Gasteiger partial charge in [-0.05, 0) is 47.5 Å². The summed E-state index contributed by atoms with van der Waals surface area (Å²) in [6.45, 7) is 1.03. The maximum absolute atomic E-state index is 12.7. The van der Waals surface area contributed by atoms with E-state index in [9.17, 15) is 4.79 Å². The predicted octanol–water partition coefficient (Wildman–Crippen LogP) is 4.59. The zero-order valence-electron chi connectivity index (χ0n) is 18.0. The molecule has 7 heteroatoms. The predicted molar refractivity (Wildman–Crippen MR) is 131 cm³/mol. The highest BCUT2D eigenvalue weighted by Gasteiger charge is 2.09. The minimum Gasteiger partial charge on any atom is -0.396 e. The third kappa shape index (κ3) is 5.74. The van der Waals surface area contributed by atoms with Crippen molar-refractivity contribution in [1.82, 2.24) is 4.98 Å².